The SMILES string of the molecule is COC(=O)C1C(C)=NC(C=O)C(C(=O)OC)C1c1cccc([N+](=O)[O-])c1. The first-order chi connectivity index (χ1) is 12.3. The Labute approximate surface area is 149 Å². The highest BCUT2D eigenvalue weighted by Crippen LogP contribution is 2.41. The molecule has 1 aromatic carbocycles. The molecule has 1 heterocycles. The molecule has 0 saturated heterocycles. The van der Waals surface area contributed by atoms with E-state index in [0.717, 1.165) is 7.11 Å². The molecule has 0 saturated carbocycles. The van der Waals surface area contributed by atoms with E-state index < -0.39 is 40.7 Å². The van der Waals surface area contributed by atoms with Crippen LogP contribution in [0.5, 0.6) is 0 Å². The van der Waals surface area contributed by atoms with Gasteiger partial charge in [-0.15, -0.1) is 0 Å². The molecule has 26 heavy (non-hydrogen) atoms. The third-order valence-electron chi connectivity index (χ3n) is 4.45. The van der Waals surface area contributed by atoms with Gasteiger partial charge in [-0.1, -0.05) is 12.1 Å². The highest BCUT2D eigenvalue weighted by atomic mass is 16.6. The summed E-state index contributed by atoms with van der Waals surface area (Å²) in [7, 11) is 2.35. The molecule has 138 valence electrons. The number of hydrogen-bond donors (Lipinski definition) is 0. The maximum absolute atomic E-state index is 12.4. The summed E-state index contributed by atoms with van der Waals surface area (Å²) in [5.74, 6) is -4.35. The van der Waals surface area contributed by atoms with Crippen molar-refractivity contribution >= 4 is 29.6 Å². The van der Waals surface area contributed by atoms with E-state index in [1.807, 2.05) is 0 Å². The summed E-state index contributed by atoms with van der Waals surface area (Å²) in [4.78, 5) is 50.9. The van der Waals surface area contributed by atoms with Gasteiger partial charge in [0, 0.05) is 23.8 Å². The van der Waals surface area contributed by atoms with Gasteiger partial charge < -0.3 is 14.3 Å². The van der Waals surface area contributed by atoms with Crippen molar-refractivity contribution in [1.29, 1.82) is 0 Å². The number of hydrogen-bond acceptors (Lipinski definition) is 8. The van der Waals surface area contributed by atoms with Gasteiger partial charge in [0.1, 0.15) is 18.2 Å². The molecule has 1 aromatic rings. The predicted molar refractivity (Wildman–Crippen MR) is 89.8 cm³/mol. The number of esters is 2. The molecular formula is C17H18N2O7. The fourth-order valence-corrected chi connectivity index (χ4v) is 3.30. The summed E-state index contributed by atoms with van der Waals surface area (Å²) < 4.78 is 9.62. The van der Waals surface area contributed by atoms with Gasteiger partial charge in [-0.3, -0.25) is 24.7 Å². The van der Waals surface area contributed by atoms with Gasteiger partial charge in [-0.2, -0.15) is 0 Å². The lowest BCUT2D eigenvalue weighted by atomic mass is 9.70. The minimum atomic E-state index is -1.10. The first-order valence-electron chi connectivity index (χ1n) is 7.75. The molecule has 0 bridgehead atoms. The number of carbonyl (C=O) groups excluding carboxylic acids is 3. The third kappa shape index (κ3) is 3.46. The lowest BCUT2D eigenvalue weighted by Crippen LogP contribution is -2.46. The first kappa shape index (κ1) is 19.2. The van der Waals surface area contributed by atoms with Crippen molar-refractivity contribution < 1.29 is 28.8 Å². The topological polar surface area (TPSA) is 125 Å². The van der Waals surface area contributed by atoms with Crippen LogP contribution in [0.2, 0.25) is 0 Å². The Morgan fingerprint density at radius 2 is 1.88 bits per heavy atom. The van der Waals surface area contributed by atoms with Crippen LogP contribution in [0.3, 0.4) is 0 Å². The zero-order valence-electron chi connectivity index (χ0n) is 14.4. The molecule has 0 amide bonds. The smallest absolute Gasteiger partial charge is 0.315 e. The average molecular weight is 362 g/mol. The second-order valence-electron chi connectivity index (χ2n) is 5.82. The second kappa shape index (κ2) is 7.85. The highest BCUT2D eigenvalue weighted by molar-refractivity contribution is 6.04. The molecule has 0 N–H and O–H groups in total. The minimum Gasteiger partial charge on any atom is -0.469 e. The number of methoxy groups -OCH3 is 2. The van der Waals surface area contributed by atoms with Gasteiger partial charge >= 0.3 is 11.9 Å². The van der Waals surface area contributed by atoms with Gasteiger partial charge in [0.05, 0.1) is 25.1 Å². The first-order valence-corrected chi connectivity index (χ1v) is 7.75. The van der Waals surface area contributed by atoms with Gasteiger partial charge in [-0.05, 0) is 12.5 Å². The van der Waals surface area contributed by atoms with Gasteiger partial charge in [0.2, 0.25) is 0 Å². The standard InChI is InChI=1S/C17H18N2O7/c1-9-13(16(21)25-2)14(10-5-4-6-11(7-10)19(23)24)15(17(22)26-3)12(8-20)18-9/h4-8,12-15H,1-3H3. The number of nitro groups is 1. The maximum atomic E-state index is 12.4. The van der Waals surface area contributed by atoms with Crippen LogP contribution in [-0.4, -0.2) is 49.1 Å². The van der Waals surface area contributed by atoms with E-state index in [-0.39, 0.29) is 5.69 Å². The molecule has 0 aliphatic carbocycles. The number of ether oxygens (including phenoxy) is 2. The molecular weight excluding hydrogens is 344 g/mol. The molecule has 2 rings (SSSR count). The van der Waals surface area contributed by atoms with Crippen molar-refractivity contribution in [1.82, 2.24) is 0 Å². The van der Waals surface area contributed by atoms with E-state index in [1.165, 1.54) is 25.3 Å². The Morgan fingerprint density at radius 3 is 2.42 bits per heavy atom. The monoisotopic (exact) mass is 362 g/mol. The van der Waals surface area contributed by atoms with E-state index in [0.29, 0.717) is 17.6 Å². The number of benzene rings is 1. The molecule has 9 nitrogen and oxygen atoms in total. The number of carbonyl (C=O) groups is 3. The Kier molecular flexibility index (Phi) is 5.81. The molecule has 0 aromatic heterocycles. The summed E-state index contributed by atoms with van der Waals surface area (Å²) in [5, 5.41) is 11.1. The molecule has 0 spiro atoms. The van der Waals surface area contributed by atoms with E-state index in [9.17, 15) is 24.5 Å². The highest BCUT2D eigenvalue weighted by Gasteiger charge is 2.49. The largest absolute Gasteiger partial charge is 0.469 e. The van der Waals surface area contributed by atoms with Crippen molar-refractivity contribution in [2.24, 2.45) is 16.8 Å². The van der Waals surface area contributed by atoms with Crippen molar-refractivity contribution in [3.8, 4) is 0 Å². The maximum Gasteiger partial charge on any atom is 0.315 e. The molecule has 4 atom stereocenters. The third-order valence-corrected chi connectivity index (χ3v) is 4.45. The van der Waals surface area contributed by atoms with Crippen LogP contribution < -0.4 is 0 Å². The quantitative estimate of drug-likeness (QED) is 0.334. The van der Waals surface area contributed by atoms with Crippen LogP contribution in [0.1, 0.15) is 18.4 Å². The molecule has 9 heteroatoms. The normalized spacial score (nSPS) is 25.0. The van der Waals surface area contributed by atoms with E-state index in [4.69, 9.17) is 9.47 Å². The number of rotatable bonds is 5. The van der Waals surface area contributed by atoms with Crippen LogP contribution in [-0.2, 0) is 23.9 Å². The molecule has 0 fully saturated rings. The zero-order valence-corrected chi connectivity index (χ0v) is 14.4. The number of nitro benzene ring substituents is 1. The van der Waals surface area contributed by atoms with Crippen molar-refractivity contribution in [3.63, 3.8) is 0 Å². The van der Waals surface area contributed by atoms with Gasteiger partial charge in [0.25, 0.3) is 5.69 Å². The number of non-ortho nitro benzene ring substituents is 1. The van der Waals surface area contributed by atoms with Gasteiger partial charge in [-0.25, -0.2) is 0 Å². The zero-order chi connectivity index (χ0) is 19.4. The van der Waals surface area contributed by atoms with Crippen LogP contribution >= 0.6 is 0 Å². The lowest BCUT2D eigenvalue weighted by molar-refractivity contribution is -0.384. The van der Waals surface area contributed by atoms with E-state index >= 15 is 0 Å². The summed E-state index contributed by atoms with van der Waals surface area (Å²) in [6.45, 7) is 1.55. The predicted octanol–water partition coefficient (Wildman–Crippen LogP) is 1.30. The van der Waals surface area contributed by atoms with Crippen molar-refractivity contribution in [2.75, 3.05) is 14.2 Å². The van der Waals surface area contributed by atoms with Crippen LogP contribution in [0.4, 0.5) is 5.69 Å². The molecule has 1 aliphatic heterocycles. The average Bonchev–Trinajstić information content (AvgIpc) is 2.65. The van der Waals surface area contributed by atoms with Crippen LogP contribution in [0.15, 0.2) is 29.3 Å². The van der Waals surface area contributed by atoms with Crippen LogP contribution in [0, 0.1) is 22.0 Å². The number of aliphatic imine (C=N–C) groups is 1. The van der Waals surface area contributed by atoms with E-state index in [1.54, 1.807) is 13.0 Å². The lowest BCUT2D eigenvalue weighted by Gasteiger charge is -2.36. The fourth-order valence-electron chi connectivity index (χ4n) is 3.30. The Bertz CT molecular complexity index is 774. The van der Waals surface area contributed by atoms with Crippen molar-refractivity contribution in [2.45, 2.75) is 18.9 Å². The summed E-state index contributed by atoms with van der Waals surface area (Å²) >= 11 is 0. The summed E-state index contributed by atoms with van der Waals surface area (Å²) in [6.07, 6.45) is 0.503. The minimum absolute atomic E-state index is 0.197. The number of aldehydes is 1. The summed E-state index contributed by atoms with van der Waals surface area (Å²) in [5.41, 5.74) is 0.467. The molecule has 4 unspecified atom stereocenters. The van der Waals surface area contributed by atoms with Crippen LogP contribution in [0.25, 0.3) is 0 Å². The summed E-state index contributed by atoms with van der Waals surface area (Å²) in [6, 6.07) is 4.52. The fraction of sp³-hybridized carbons (Fsp3) is 0.412. The van der Waals surface area contributed by atoms with E-state index in [2.05, 4.69) is 4.99 Å². The van der Waals surface area contributed by atoms with Crippen molar-refractivity contribution in [3.05, 3.63) is 39.9 Å². The molecule has 0 radical (unpaired) electrons. The van der Waals surface area contributed by atoms with Gasteiger partial charge in [0.15, 0.2) is 0 Å². The Morgan fingerprint density at radius 1 is 1.23 bits per heavy atom. The number of nitrogens with zero attached hydrogens (tertiary/aromatic N) is 2. The Hall–Kier alpha value is -3.10. The second-order valence-corrected chi connectivity index (χ2v) is 5.82. The molecule has 1 aliphatic rings. The Balaban J connectivity index is 2.69.